The Morgan fingerprint density at radius 3 is 2.62 bits per heavy atom. The van der Waals surface area contributed by atoms with Crippen LogP contribution in [0.3, 0.4) is 0 Å². The van der Waals surface area contributed by atoms with Crippen LogP contribution < -0.4 is 9.30 Å². The molecule has 0 fully saturated rings. The van der Waals surface area contributed by atoms with E-state index in [0.29, 0.717) is 6.61 Å². The fourth-order valence-electron chi connectivity index (χ4n) is 1.42. The van der Waals surface area contributed by atoms with Crippen molar-refractivity contribution in [1.29, 1.82) is 0 Å². The molecule has 1 aromatic heterocycles. The molecule has 0 aliphatic rings. The molecule has 2 aromatic rings. The summed E-state index contributed by atoms with van der Waals surface area (Å²) in [5.41, 5.74) is 1.14. The first-order valence-electron chi connectivity index (χ1n) is 5.08. The summed E-state index contributed by atoms with van der Waals surface area (Å²) < 4.78 is 8.77. The normalized spacial score (nSPS) is 10.1. The zero-order valence-corrected chi connectivity index (χ0v) is 10.6. The first-order chi connectivity index (χ1) is 7.77. The highest BCUT2D eigenvalue weighted by Gasteiger charge is 2.06. The van der Waals surface area contributed by atoms with Crippen molar-refractivity contribution >= 4 is 15.9 Å². The zero-order chi connectivity index (χ0) is 11.4. The van der Waals surface area contributed by atoms with Gasteiger partial charge in [-0.1, -0.05) is 34.1 Å². The monoisotopic (exact) mass is 278 g/mol. The van der Waals surface area contributed by atoms with E-state index in [1.54, 1.807) is 0 Å². The average molecular weight is 279 g/mol. The van der Waals surface area contributed by atoms with Crippen molar-refractivity contribution in [3.63, 3.8) is 0 Å². The number of aromatic nitrogens is 1. The van der Waals surface area contributed by atoms with Crippen molar-refractivity contribution in [2.24, 2.45) is 7.05 Å². The maximum atomic E-state index is 5.74. The number of hydrogen-bond acceptors (Lipinski definition) is 1. The lowest BCUT2D eigenvalue weighted by Crippen LogP contribution is -2.29. The molecule has 2 nitrogen and oxygen atoms in total. The topological polar surface area (TPSA) is 13.1 Å². The van der Waals surface area contributed by atoms with Gasteiger partial charge in [-0.25, -0.2) is 0 Å². The van der Waals surface area contributed by atoms with Crippen molar-refractivity contribution in [2.75, 3.05) is 0 Å². The van der Waals surface area contributed by atoms with E-state index in [2.05, 4.69) is 15.9 Å². The molecule has 0 N–H and O–H groups in total. The second-order valence-electron chi connectivity index (χ2n) is 3.53. The molecule has 1 aromatic carbocycles. The van der Waals surface area contributed by atoms with E-state index in [1.165, 1.54) is 0 Å². The third kappa shape index (κ3) is 2.61. The summed E-state index contributed by atoms with van der Waals surface area (Å²) in [6.45, 7) is 0.569. The van der Waals surface area contributed by atoms with E-state index < -0.39 is 0 Å². The molecule has 82 valence electrons. The van der Waals surface area contributed by atoms with Gasteiger partial charge < -0.3 is 4.74 Å². The first kappa shape index (κ1) is 11.1. The van der Waals surface area contributed by atoms with Gasteiger partial charge in [0.15, 0.2) is 6.20 Å². The number of nitrogens with zero attached hydrogens (tertiary/aromatic N) is 1. The summed E-state index contributed by atoms with van der Waals surface area (Å²) in [5, 5.41) is 0. The highest BCUT2D eigenvalue weighted by molar-refractivity contribution is 9.10. The van der Waals surface area contributed by atoms with Crippen LogP contribution in [0.5, 0.6) is 5.88 Å². The van der Waals surface area contributed by atoms with Crippen LogP contribution in [0.2, 0.25) is 0 Å². The number of ether oxygens (including phenoxy) is 1. The molecule has 0 atom stereocenters. The summed E-state index contributed by atoms with van der Waals surface area (Å²) in [7, 11) is 1.97. The molecule has 0 amide bonds. The van der Waals surface area contributed by atoms with Crippen LogP contribution in [0.4, 0.5) is 0 Å². The SMILES string of the molecule is C[n+]1ccccc1OCc1ccccc1Br. The lowest BCUT2D eigenvalue weighted by atomic mass is 10.2. The van der Waals surface area contributed by atoms with Crippen LogP contribution in [0.15, 0.2) is 53.1 Å². The second-order valence-corrected chi connectivity index (χ2v) is 4.38. The van der Waals surface area contributed by atoms with Crippen LogP contribution >= 0.6 is 15.9 Å². The largest absolute Gasteiger partial charge is 0.439 e. The summed E-state index contributed by atoms with van der Waals surface area (Å²) in [6, 6.07) is 14.0. The fraction of sp³-hybridized carbons (Fsp3) is 0.154. The summed E-state index contributed by atoms with van der Waals surface area (Å²) in [6.07, 6.45) is 1.97. The minimum Gasteiger partial charge on any atom is -0.439 e. The number of pyridine rings is 1. The van der Waals surface area contributed by atoms with Crippen LogP contribution in [0.1, 0.15) is 5.56 Å². The molecular weight excluding hydrogens is 266 g/mol. The third-order valence-corrected chi connectivity index (χ3v) is 3.11. The molecule has 2 rings (SSSR count). The van der Waals surface area contributed by atoms with Crippen molar-refractivity contribution in [3.05, 3.63) is 58.7 Å². The molecule has 0 spiro atoms. The summed E-state index contributed by atoms with van der Waals surface area (Å²) in [5.74, 6) is 0.859. The van der Waals surface area contributed by atoms with E-state index in [-0.39, 0.29) is 0 Å². The van der Waals surface area contributed by atoms with E-state index in [9.17, 15) is 0 Å². The Labute approximate surface area is 104 Å². The van der Waals surface area contributed by atoms with Crippen molar-refractivity contribution < 1.29 is 9.30 Å². The standard InChI is InChI=1S/C13H13BrNO/c1-15-9-5-4-8-13(15)16-10-11-6-2-3-7-12(11)14/h2-9H,10H2,1H3/q+1. The zero-order valence-electron chi connectivity index (χ0n) is 9.06. The fourth-order valence-corrected chi connectivity index (χ4v) is 1.82. The van der Waals surface area contributed by atoms with Gasteiger partial charge in [-0.2, -0.15) is 4.57 Å². The molecule has 16 heavy (non-hydrogen) atoms. The van der Waals surface area contributed by atoms with Gasteiger partial charge in [0.05, 0.1) is 6.07 Å². The lowest BCUT2D eigenvalue weighted by molar-refractivity contribution is -0.677. The maximum Gasteiger partial charge on any atom is 0.367 e. The second kappa shape index (κ2) is 5.12. The number of halogens is 1. The van der Waals surface area contributed by atoms with Gasteiger partial charge in [0.2, 0.25) is 0 Å². The average Bonchev–Trinajstić information content (AvgIpc) is 2.30. The minimum absolute atomic E-state index is 0.569. The number of rotatable bonds is 3. The number of benzene rings is 1. The van der Waals surface area contributed by atoms with E-state index in [1.807, 2.05) is 60.3 Å². The molecule has 0 radical (unpaired) electrons. The van der Waals surface area contributed by atoms with Crippen LogP contribution in [0.25, 0.3) is 0 Å². The molecule has 3 heteroatoms. The Kier molecular flexibility index (Phi) is 3.57. The Morgan fingerprint density at radius 2 is 1.88 bits per heavy atom. The molecule has 1 heterocycles. The van der Waals surface area contributed by atoms with Crippen LogP contribution in [-0.4, -0.2) is 0 Å². The molecule has 0 aliphatic heterocycles. The quantitative estimate of drug-likeness (QED) is 0.787. The molecule has 0 saturated heterocycles. The summed E-state index contributed by atoms with van der Waals surface area (Å²) >= 11 is 3.50. The highest BCUT2D eigenvalue weighted by Crippen LogP contribution is 2.17. The van der Waals surface area contributed by atoms with E-state index >= 15 is 0 Å². The molecule has 0 aliphatic carbocycles. The van der Waals surface area contributed by atoms with Crippen molar-refractivity contribution in [3.8, 4) is 5.88 Å². The Bertz CT molecular complexity index is 439. The Hall–Kier alpha value is -1.35. The summed E-state index contributed by atoms with van der Waals surface area (Å²) in [4.78, 5) is 0. The van der Waals surface area contributed by atoms with Crippen molar-refractivity contribution in [1.82, 2.24) is 0 Å². The van der Waals surface area contributed by atoms with Gasteiger partial charge in [-0.05, 0) is 12.1 Å². The van der Waals surface area contributed by atoms with Gasteiger partial charge in [0.25, 0.3) is 0 Å². The molecular formula is C13H13BrNO+. The van der Waals surface area contributed by atoms with Gasteiger partial charge in [-0.3, -0.25) is 0 Å². The Morgan fingerprint density at radius 1 is 1.12 bits per heavy atom. The van der Waals surface area contributed by atoms with Crippen molar-refractivity contribution in [2.45, 2.75) is 6.61 Å². The van der Waals surface area contributed by atoms with Gasteiger partial charge >= 0.3 is 5.88 Å². The van der Waals surface area contributed by atoms with Gasteiger partial charge in [0.1, 0.15) is 13.7 Å². The molecule has 0 unspecified atom stereocenters. The predicted octanol–water partition coefficient (Wildman–Crippen LogP) is 2.85. The molecule has 0 bridgehead atoms. The lowest BCUT2D eigenvalue weighted by Gasteiger charge is -2.05. The first-order valence-corrected chi connectivity index (χ1v) is 5.87. The van der Waals surface area contributed by atoms with Crippen LogP contribution in [-0.2, 0) is 13.7 Å². The van der Waals surface area contributed by atoms with Gasteiger partial charge in [-0.15, -0.1) is 0 Å². The van der Waals surface area contributed by atoms with E-state index in [4.69, 9.17) is 4.74 Å². The molecule has 0 saturated carbocycles. The Balaban J connectivity index is 2.09. The third-order valence-electron chi connectivity index (χ3n) is 2.34. The predicted molar refractivity (Wildman–Crippen MR) is 66.1 cm³/mol. The van der Waals surface area contributed by atoms with Gasteiger partial charge in [0, 0.05) is 16.1 Å². The van der Waals surface area contributed by atoms with Crippen LogP contribution in [0, 0.1) is 0 Å². The number of hydrogen-bond donors (Lipinski definition) is 0. The highest BCUT2D eigenvalue weighted by atomic mass is 79.9. The van der Waals surface area contributed by atoms with E-state index in [0.717, 1.165) is 15.9 Å². The smallest absolute Gasteiger partial charge is 0.367 e. The minimum atomic E-state index is 0.569. The number of aryl methyl sites for hydroxylation is 1. The maximum absolute atomic E-state index is 5.74.